The number of allylic oxidation sites excluding steroid dienone is 2. The summed E-state index contributed by atoms with van der Waals surface area (Å²) in [7, 11) is 3.22. The molecule has 348 valence electrons. The number of esters is 1. The molecule has 4 fully saturated rings. The highest BCUT2D eigenvalue weighted by Crippen LogP contribution is 2.47. The Hall–Kier alpha value is -2.31. The van der Waals surface area contributed by atoms with Crippen molar-refractivity contribution < 1.29 is 67.5 Å². The zero-order valence-corrected chi connectivity index (χ0v) is 38.2. The van der Waals surface area contributed by atoms with Crippen LogP contribution >= 0.6 is 0 Å². The molecule has 1 spiro atoms. The van der Waals surface area contributed by atoms with Gasteiger partial charge in [0.2, 0.25) is 0 Å². The number of carbonyl (C=O) groups excluding carboxylic acids is 1. The first-order chi connectivity index (χ1) is 29.5. The van der Waals surface area contributed by atoms with Gasteiger partial charge in [-0.3, -0.25) is 4.79 Å². The second-order valence-electron chi connectivity index (χ2n) is 19.0. The zero-order valence-electron chi connectivity index (χ0n) is 38.2. The van der Waals surface area contributed by atoms with Crippen LogP contribution in [0.3, 0.4) is 0 Å². The highest BCUT2D eigenvalue weighted by molar-refractivity contribution is 5.78. The maximum absolute atomic E-state index is 14.3. The minimum absolute atomic E-state index is 0.0317. The molecule has 3 N–H and O–H groups in total. The first-order valence-corrected chi connectivity index (χ1v) is 22.9. The summed E-state index contributed by atoms with van der Waals surface area (Å²) in [5, 5.41) is 34.2. The van der Waals surface area contributed by atoms with Gasteiger partial charge in [-0.05, 0) is 62.8 Å². The Kier molecular flexibility index (Phi) is 15.1. The molecule has 1 aliphatic carbocycles. The Bertz CT molecular complexity index is 1730. The van der Waals surface area contributed by atoms with Crippen LogP contribution in [0, 0.1) is 23.7 Å². The van der Waals surface area contributed by atoms with E-state index >= 15 is 0 Å². The fraction of sp³-hybridized carbons (Fsp3) is 0.771. The van der Waals surface area contributed by atoms with Gasteiger partial charge in [0.1, 0.15) is 42.0 Å². The van der Waals surface area contributed by atoms with Crippen molar-refractivity contribution >= 4 is 5.97 Å². The van der Waals surface area contributed by atoms with Gasteiger partial charge >= 0.3 is 5.97 Å². The maximum Gasteiger partial charge on any atom is 0.316 e. The van der Waals surface area contributed by atoms with E-state index in [0.29, 0.717) is 43.3 Å². The van der Waals surface area contributed by atoms with Crippen LogP contribution in [-0.2, 0) is 52.2 Å². The van der Waals surface area contributed by atoms with E-state index in [9.17, 15) is 20.1 Å². The first-order valence-electron chi connectivity index (χ1n) is 22.9. The number of hydrogen-bond acceptors (Lipinski definition) is 14. The number of fused-ring (bicyclic) bond motifs is 2. The molecule has 0 radical (unpaired) electrons. The van der Waals surface area contributed by atoms with E-state index < -0.39 is 90.8 Å². The third kappa shape index (κ3) is 9.64. The SMILES string of the molecule is CC[C@H](C)[C@@H]1OC2(C=CC1C)C[C@H]1C[C@H](C/C=C(\C)[C@@H](OC3C[C@H](OC)[C@H](OC4C[C@H](OC)[C@H](O)[C@H](C)O4)[C@H](C)O3)C(C)/C=C/C=C3\CO[C@@H]4C(O)C(C)=C[C@@H](C(=O)O1)[C@@]34O)O2. The fourth-order valence-electron chi connectivity index (χ4n) is 10.6. The lowest BCUT2D eigenvalue weighted by atomic mass is 9.71. The molecule has 7 aliphatic rings. The standard InChI is InChI=1S/C48H72O14/c1-11-25(2)43-28(5)17-18-47(62-43)23-34-20-33(61-47)16-15-27(4)42(26(3)13-12-14-32-24-55-45-40(49)29(6)19-35(46(51)58-34)48(32,45)52)59-39-22-37(54-10)44(31(8)57-39)60-38-21-36(53-9)41(50)30(7)56-38/h12-15,17-19,25-26,28,30-31,33-45,49-50,52H,11,16,20-24H2,1-10H3/b13-12+,27-15+,32-14+/t25-,26?,28?,30-,31-,33-,34+,35-,36-,37-,38?,39?,40?,41+,42-,43-,44+,45+,47?,48-/m0/s1. The quantitative estimate of drug-likeness (QED) is 0.210. The minimum Gasteiger partial charge on any atom is -0.462 e. The predicted molar refractivity (Wildman–Crippen MR) is 227 cm³/mol. The number of ether oxygens (including phenoxy) is 10. The molecule has 6 unspecified atom stereocenters. The Balaban J connectivity index is 1.18. The lowest BCUT2D eigenvalue weighted by Crippen LogP contribution is -2.58. The second kappa shape index (κ2) is 19.7. The molecule has 6 heterocycles. The maximum atomic E-state index is 14.3. The van der Waals surface area contributed by atoms with E-state index in [4.69, 9.17) is 47.4 Å². The predicted octanol–water partition coefficient (Wildman–Crippen LogP) is 5.38. The van der Waals surface area contributed by atoms with Crippen LogP contribution in [0.5, 0.6) is 0 Å². The van der Waals surface area contributed by atoms with E-state index in [1.165, 1.54) is 0 Å². The van der Waals surface area contributed by atoms with Gasteiger partial charge in [0.05, 0.1) is 49.3 Å². The number of aliphatic hydroxyl groups excluding tert-OH is 2. The van der Waals surface area contributed by atoms with Crippen molar-refractivity contribution in [2.45, 2.75) is 191 Å². The molecule has 2 bridgehead atoms. The van der Waals surface area contributed by atoms with Crippen LogP contribution in [-0.4, -0.2) is 139 Å². The molecular weight excluding hydrogens is 801 g/mol. The van der Waals surface area contributed by atoms with E-state index in [-0.39, 0.29) is 42.7 Å². The first kappa shape index (κ1) is 47.6. The fourth-order valence-corrected chi connectivity index (χ4v) is 10.6. The summed E-state index contributed by atoms with van der Waals surface area (Å²) in [5.74, 6) is -2.56. The molecule has 14 nitrogen and oxygen atoms in total. The van der Waals surface area contributed by atoms with Crippen molar-refractivity contribution in [1.82, 2.24) is 0 Å². The lowest BCUT2D eigenvalue weighted by molar-refractivity contribution is -0.318. The summed E-state index contributed by atoms with van der Waals surface area (Å²) in [5.41, 5.74) is 0.134. The molecule has 0 aromatic heterocycles. The molecule has 6 aliphatic heterocycles. The largest absolute Gasteiger partial charge is 0.462 e. The van der Waals surface area contributed by atoms with Crippen molar-refractivity contribution in [3.05, 3.63) is 59.3 Å². The highest BCUT2D eigenvalue weighted by Gasteiger charge is 2.60. The smallest absolute Gasteiger partial charge is 0.316 e. The number of aliphatic hydroxyl groups is 3. The summed E-state index contributed by atoms with van der Waals surface area (Å²) in [6, 6.07) is 0. The van der Waals surface area contributed by atoms with Gasteiger partial charge in [-0.2, -0.15) is 0 Å². The summed E-state index contributed by atoms with van der Waals surface area (Å²) in [4.78, 5) is 14.3. The molecule has 0 aromatic carbocycles. The van der Waals surface area contributed by atoms with Crippen molar-refractivity contribution in [2.24, 2.45) is 23.7 Å². The van der Waals surface area contributed by atoms with E-state index in [2.05, 4.69) is 39.8 Å². The Morgan fingerprint density at radius 3 is 2.32 bits per heavy atom. The summed E-state index contributed by atoms with van der Waals surface area (Å²) in [6.07, 6.45) is 8.55. The Labute approximate surface area is 367 Å². The van der Waals surface area contributed by atoms with Crippen molar-refractivity contribution in [1.29, 1.82) is 0 Å². The summed E-state index contributed by atoms with van der Waals surface area (Å²) >= 11 is 0. The molecule has 62 heavy (non-hydrogen) atoms. The molecule has 0 aromatic rings. The van der Waals surface area contributed by atoms with Crippen LogP contribution in [0.25, 0.3) is 0 Å². The number of methoxy groups -OCH3 is 2. The molecule has 14 heteroatoms. The molecule has 4 saturated heterocycles. The van der Waals surface area contributed by atoms with E-state index in [1.807, 2.05) is 32.1 Å². The zero-order chi connectivity index (χ0) is 44.7. The summed E-state index contributed by atoms with van der Waals surface area (Å²) < 4.78 is 63.7. The molecule has 0 saturated carbocycles. The molecular formula is C48H72O14. The summed E-state index contributed by atoms with van der Waals surface area (Å²) in [6.45, 7) is 16.1. The van der Waals surface area contributed by atoms with Crippen molar-refractivity contribution in [3.63, 3.8) is 0 Å². The van der Waals surface area contributed by atoms with Crippen LogP contribution in [0.1, 0.15) is 93.9 Å². The third-order valence-corrected chi connectivity index (χ3v) is 14.5. The topological polar surface area (TPSA) is 170 Å². The van der Waals surface area contributed by atoms with E-state index in [1.54, 1.807) is 40.2 Å². The minimum atomic E-state index is -1.84. The van der Waals surface area contributed by atoms with E-state index in [0.717, 1.165) is 12.0 Å². The van der Waals surface area contributed by atoms with Gasteiger partial charge in [-0.1, -0.05) is 70.6 Å². The monoisotopic (exact) mass is 872 g/mol. The van der Waals surface area contributed by atoms with Gasteiger partial charge in [0.25, 0.3) is 0 Å². The third-order valence-electron chi connectivity index (χ3n) is 14.5. The Morgan fingerprint density at radius 2 is 1.60 bits per heavy atom. The average molecular weight is 873 g/mol. The van der Waals surface area contributed by atoms with Gasteiger partial charge in [0, 0.05) is 51.7 Å². The normalized spacial score (nSPS) is 49.1. The van der Waals surface area contributed by atoms with Gasteiger partial charge in [0.15, 0.2) is 18.4 Å². The van der Waals surface area contributed by atoms with Gasteiger partial charge in [-0.25, -0.2) is 0 Å². The molecule has 20 atom stereocenters. The Morgan fingerprint density at radius 1 is 0.887 bits per heavy atom. The number of hydrogen-bond donors (Lipinski definition) is 3. The van der Waals surface area contributed by atoms with Crippen molar-refractivity contribution in [3.8, 4) is 0 Å². The second-order valence-corrected chi connectivity index (χ2v) is 19.0. The van der Waals surface area contributed by atoms with Crippen LogP contribution in [0.2, 0.25) is 0 Å². The van der Waals surface area contributed by atoms with Crippen LogP contribution in [0.4, 0.5) is 0 Å². The molecule has 0 amide bonds. The lowest BCUT2D eigenvalue weighted by Gasteiger charge is -2.48. The van der Waals surface area contributed by atoms with Crippen LogP contribution < -0.4 is 0 Å². The number of rotatable bonds is 8. The van der Waals surface area contributed by atoms with Gasteiger partial charge in [-0.15, -0.1) is 0 Å². The van der Waals surface area contributed by atoms with Crippen LogP contribution in [0.15, 0.2) is 59.3 Å². The van der Waals surface area contributed by atoms with Gasteiger partial charge < -0.3 is 62.7 Å². The number of carbonyl (C=O) groups is 1. The highest BCUT2D eigenvalue weighted by atomic mass is 16.7. The average Bonchev–Trinajstić information content (AvgIpc) is 3.58. The van der Waals surface area contributed by atoms with Crippen molar-refractivity contribution in [2.75, 3.05) is 20.8 Å². The molecule has 7 rings (SSSR count).